The first-order valence-electron chi connectivity index (χ1n) is 12.6. The van der Waals surface area contributed by atoms with Crippen LogP contribution in [0.3, 0.4) is 0 Å². The van der Waals surface area contributed by atoms with E-state index in [-0.39, 0.29) is 17.2 Å². The molecule has 0 aromatic rings. The monoisotopic (exact) mass is 474 g/mol. The van der Waals surface area contributed by atoms with Gasteiger partial charge in [-0.2, -0.15) is 0 Å². The third-order valence-corrected chi connectivity index (χ3v) is 18.3. The molecule has 1 aliphatic heterocycles. The van der Waals surface area contributed by atoms with Crippen molar-refractivity contribution in [3.63, 3.8) is 0 Å². The van der Waals surface area contributed by atoms with Crippen molar-refractivity contribution in [3.8, 4) is 0 Å². The summed E-state index contributed by atoms with van der Waals surface area (Å²) in [4.78, 5) is 0. The minimum Gasteiger partial charge on any atom is -0.417 e. The summed E-state index contributed by atoms with van der Waals surface area (Å²) in [5, 5.41) is 0.238. The van der Waals surface area contributed by atoms with Crippen LogP contribution in [0.15, 0.2) is 0 Å². The summed E-state index contributed by atoms with van der Waals surface area (Å²) in [5.74, 6) is -0.548. The highest BCUT2D eigenvalue weighted by Crippen LogP contribution is 2.42. The van der Waals surface area contributed by atoms with E-state index in [1.807, 2.05) is 13.8 Å². The molecule has 4 nitrogen and oxygen atoms in total. The second-order valence-corrected chi connectivity index (χ2v) is 22.7. The van der Waals surface area contributed by atoms with Crippen molar-refractivity contribution in [1.29, 1.82) is 0 Å². The molecule has 0 radical (unpaired) electrons. The average Bonchev–Trinajstić information content (AvgIpc) is 2.55. The zero-order valence-corrected chi connectivity index (χ0v) is 25.1. The van der Waals surface area contributed by atoms with Crippen LogP contribution in [0.2, 0.25) is 34.8 Å². The quantitative estimate of drug-likeness (QED) is 0.285. The third-order valence-electron chi connectivity index (χ3n) is 7.63. The molecule has 2 atom stereocenters. The molecule has 31 heavy (non-hydrogen) atoms. The molecule has 0 spiro atoms. The molecule has 0 bridgehead atoms. The SMILES string of the molecule is CC(C)[Si](OCC[C@@H]1C[C@H](CCO[Si](C)(C)C(C)(C)C)OC(C)(C)O1)(C(C)C)C(C)C. The normalized spacial score (nSPS) is 23.2. The second-order valence-electron chi connectivity index (χ2n) is 12.5. The predicted octanol–water partition coefficient (Wildman–Crippen LogP) is 7.89. The lowest BCUT2D eigenvalue weighted by Gasteiger charge is -2.44. The van der Waals surface area contributed by atoms with Gasteiger partial charge in [0.2, 0.25) is 0 Å². The second kappa shape index (κ2) is 11.1. The van der Waals surface area contributed by atoms with Crippen molar-refractivity contribution in [3.05, 3.63) is 0 Å². The van der Waals surface area contributed by atoms with Gasteiger partial charge in [-0.1, -0.05) is 62.3 Å². The van der Waals surface area contributed by atoms with E-state index in [4.69, 9.17) is 18.3 Å². The fraction of sp³-hybridized carbons (Fsp3) is 1.00. The van der Waals surface area contributed by atoms with Gasteiger partial charge in [0.15, 0.2) is 22.4 Å². The van der Waals surface area contributed by atoms with Crippen molar-refractivity contribution >= 4 is 16.6 Å². The summed E-state index contributed by atoms with van der Waals surface area (Å²) in [7, 11) is -3.55. The molecular formula is C25H54O4Si2. The first-order valence-corrected chi connectivity index (χ1v) is 17.6. The molecular weight excluding hydrogens is 420 g/mol. The molecule has 0 N–H and O–H groups in total. The maximum absolute atomic E-state index is 6.78. The van der Waals surface area contributed by atoms with Crippen LogP contribution in [0.25, 0.3) is 0 Å². The molecule has 0 aromatic carbocycles. The summed E-state index contributed by atoms with van der Waals surface area (Å²) in [6, 6.07) is 0. The Morgan fingerprint density at radius 3 is 1.55 bits per heavy atom. The van der Waals surface area contributed by atoms with E-state index in [1.54, 1.807) is 0 Å². The van der Waals surface area contributed by atoms with Crippen LogP contribution in [-0.4, -0.2) is 47.8 Å². The largest absolute Gasteiger partial charge is 0.417 e. The number of hydrogen-bond acceptors (Lipinski definition) is 4. The molecule has 1 fully saturated rings. The summed E-state index contributed by atoms with van der Waals surface area (Å²) < 4.78 is 25.7. The van der Waals surface area contributed by atoms with E-state index in [2.05, 4.69) is 75.4 Å². The first kappa shape index (κ1) is 29.3. The van der Waals surface area contributed by atoms with E-state index < -0.39 is 22.4 Å². The van der Waals surface area contributed by atoms with Crippen LogP contribution in [0.1, 0.15) is 95.4 Å². The molecule has 0 saturated carbocycles. The van der Waals surface area contributed by atoms with Gasteiger partial charge in [0, 0.05) is 19.6 Å². The standard InChI is InChI=1S/C25H54O4Si2/c1-19(2)31(20(3)4,21(5)6)27-17-15-23-18-22(28-25(10,11)29-23)14-16-26-30(12,13)24(7,8)9/h19-23H,14-18H2,1-13H3/t22-,23+/m0/s1. The zero-order chi connectivity index (χ0) is 24.3. The molecule has 0 aliphatic carbocycles. The van der Waals surface area contributed by atoms with E-state index in [0.29, 0.717) is 16.6 Å². The van der Waals surface area contributed by atoms with E-state index in [0.717, 1.165) is 32.5 Å². The Bertz CT molecular complexity index is 516. The Balaban J connectivity index is 2.67. The Morgan fingerprint density at radius 1 is 0.806 bits per heavy atom. The van der Waals surface area contributed by atoms with Crippen LogP contribution in [0.4, 0.5) is 0 Å². The maximum Gasteiger partial charge on any atom is 0.200 e. The van der Waals surface area contributed by atoms with Crippen molar-refractivity contribution in [2.75, 3.05) is 13.2 Å². The minimum absolute atomic E-state index is 0.180. The molecule has 1 saturated heterocycles. The van der Waals surface area contributed by atoms with Crippen molar-refractivity contribution in [2.45, 2.75) is 148 Å². The molecule has 6 heteroatoms. The molecule has 0 amide bonds. The van der Waals surface area contributed by atoms with Gasteiger partial charge in [-0.3, -0.25) is 0 Å². The van der Waals surface area contributed by atoms with Crippen LogP contribution < -0.4 is 0 Å². The summed E-state index contributed by atoms with van der Waals surface area (Å²) in [6.45, 7) is 31.2. The smallest absolute Gasteiger partial charge is 0.200 e. The highest BCUT2D eigenvalue weighted by atomic mass is 28.4. The van der Waals surface area contributed by atoms with Gasteiger partial charge < -0.3 is 18.3 Å². The Morgan fingerprint density at radius 2 is 1.19 bits per heavy atom. The van der Waals surface area contributed by atoms with E-state index in [9.17, 15) is 0 Å². The number of rotatable bonds is 11. The average molecular weight is 475 g/mol. The summed E-state index contributed by atoms with van der Waals surface area (Å²) in [5.41, 5.74) is 1.83. The van der Waals surface area contributed by atoms with E-state index >= 15 is 0 Å². The highest BCUT2D eigenvalue weighted by molar-refractivity contribution is 6.77. The van der Waals surface area contributed by atoms with Crippen LogP contribution in [0, 0.1) is 0 Å². The summed E-state index contributed by atoms with van der Waals surface area (Å²) in [6.07, 6.45) is 3.15. The van der Waals surface area contributed by atoms with Crippen LogP contribution in [0.5, 0.6) is 0 Å². The number of hydrogen-bond donors (Lipinski definition) is 0. The van der Waals surface area contributed by atoms with Crippen molar-refractivity contribution in [1.82, 2.24) is 0 Å². The topological polar surface area (TPSA) is 36.9 Å². The maximum atomic E-state index is 6.78. The van der Waals surface area contributed by atoms with E-state index in [1.165, 1.54) is 0 Å². The molecule has 1 heterocycles. The predicted molar refractivity (Wildman–Crippen MR) is 138 cm³/mol. The lowest BCUT2D eigenvalue weighted by atomic mass is 10.0. The zero-order valence-electron chi connectivity index (χ0n) is 23.1. The molecule has 186 valence electrons. The first-order chi connectivity index (χ1) is 13.9. The lowest BCUT2D eigenvalue weighted by Crippen LogP contribution is -2.49. The lowest BCUT2D eigenvalue weighted by molar-refractivity contribution is -0.302. The Hall–Kier alpha value is 0.274. The Kier molecular flexibility index (Phi) is 10.5. The van der Waals surface area contributed by atoms with Gasteiger partial charge in [-0.15, -0.1) is 0 Å². The Labute approximate surface area is 196 Å². The van der Waals surface area contributed by atoms with Gasteiger partial charge in [0.05, 0.1) is 12.2 Å². The molecule has 0 unspecified atom stereocenters. The molecule has 0 aromatic heterocycles. The molecule has 1 rings (SSSR count). The summed E-state index contributed by atoms with van der Waals surface area (Å²) >= 11 is 0. The van der Waals surface area contributed by atoms with Crippen LogP contribution >= 0.6 is 0 Å². The van der Waals surface area contributed by atoms with Gasteiger partial charge in [-0.05, 0) is 61.4 Å². The van der Waals surface area contributed by atoms with Gasteiger partial charge in [0.25, 0.3) is 0 Å². The minimum atomic E-state index is -1.83. The van der Waals surface area contributed by atoms with Gasteiger partial charge in [0.1, 0.15) is 0 Å². The molecule has 1 aliphatic rings. The van der Waals surface area contributed by atoms with Crippen LogP contribution in [-0.2, 0) is 18.3 Å². The van der Waals surface area contributed by atoms with Crippen molar-refractivity contribution in [2.24, 2.45) is 0 Å². The van der Waals surface area contributed by atoms with Crippen molar-refractivity contribution < 1.29 is 18.3 Å². The fourth-order valence-corrected chi connectivity index (χ4v) is 11.6. The van der Waals surface area contributed by atoms with Gasteiger partial charge >= 0.3 is 0 Å². The third kappa shape index (κ3) is 7.92. The highest BCUT2D eigenvalue weighted by Gasteiger charge is 2.45. The fourth-order valence-electron chi connectivity index (χ4n) is 5.10. The number of ether oxygens (including phenoxy) is 2. The van der Waals surface area contributed by atoms with Gasteiger partial charge in [-0.25, -0.2) is 0 Å².